The highest BCUT2D eigenvalue weighted by Gasteiger charge is 2.02. The summed E-state index contributed by atoms with van der Waals surface area (Å²) in [6.45, 7) is 2.87. The third-order valence-corrected chi connectivity index (χ3v) is 2.60. The van der Waals surface area contributed by atoms with Crippen LogP contribution in [-0.4, -0.2) is 23.5 Å². The normalized spacial score (nSPS) is 12.4. The van der Waals surface area contributed by atoms with Gasteiger partial charge in [0.25, 0.3) is 0 Å². The first-order valence-electron chi connectivity index (χ1n) is 5.98. The van der Waals surface area contributed by atoms with E-state index in [0.29, 0.717) is 5.71 Å². The fourth-order valence-corrected chi connectivity index (χ4v) is 1.70. The molecule has 0 bridgehead atoms. The van der Waals surface area contributed by atoms with Gasteiger partial charge in [-0.05, 0) is 24.6 Å². The van der Waals surface area contributed by atoms with Gasteiger partial charge in [-0.15, -0.1) is 0 Å². The number of hydrogen-bond acceptors (Lipinski definition) is 4. The summed E-state index contributed by atoms with van der Waals surface area (Å²) in [5, 5.41) is 4.85. The second kappa shape index (κ2) is 5.91. The van der Waals surface area contributed by atoms with E-state index in [-0.39, 0.29) is 0 Å². The lowest BCUT2D eigenvalue weighted by molar-refractivity contribution is 0.938. The highest BCUT2D eigenvalue weighted by atomic mass is 15.1. The lowest BCUT2D eigenvalue weighted by atomic mass is 10.1. The molecule has 0 spiro atoms. The van der Waals surface area contributed by atoms with E-state index < -0.39 is 0 Å². The predicted octanol–water partition coefficient (Wildman–Crippen LogP) is 2.38. The van der Waals surface area contributed by atoms with Crippen LogP contribution >= 0.6 is 0 Å². The second-order valence-electron chi connectivity index (χ2n) is 3.96. The van der Waals surface area contributed by atoms with Gasteiger partial charge >= 0.3 is 0 Å². The molecule has 0 aliphatic carbocycles. The quantitative estimate of drug-likeness (QED) is 0.506. The summed E-state index contributed by atoms with van der Waals surface area (Å²) >= 11 is 0. The lowest BCUT2D eigenvalue weighted by Crippen LogP contribution is -2.06. The van der Waals surface area contributed by atoms with Crippen LogP contribution in [0.4, 0.5) is 0 Å². The number of benzene rings is 1. The van der Waals surface area contributed by atoms with Gasteiger partial charge in [-0.2, -0.15) is 5.10 Å². The molecule has 1 heterocycles. The van der Waals surface area contributed by atoms with Crippen LogP contribution in [0, 0.1) is 0 Å². The molecule has 0 aliphatic heterocycles. The van der Waals surface area contributed by atoms with Crippen molar-refractivity contribution in [2.75, 3.05) is 6.54 Å². The zero-order valence-corrected chi connectivity index (χ0v) is 10.4. The summed E-state index contributed by atoms with van der Waals surface area (Å²) in [5.74, 6) is 5.41. The molecule has 4 nitrogen and oxygen atoms in total. The highest BCUT2D eigenvalue weighted by Crippen LogP contribution is 2.13. The van der Waals surface area contributed by atoms with Crippen molar-refractivity contribution in [3.05, 3.63) is 42.1 Å². The van der Waals surface area contributed by atoms with Gasteiger partial charge in [-0.25, -0.2) is 0 Å². The average molecular weight is 240 g/mol. The Balaban J connectivity index is 2.34. The smallest absolute Gasteiger partial charge is 0.108 e. The molecule has 2 aromatic rings. The van der Waals surface area contributed by atoms with Gasteiger partial charge in [0.2, 0.25) is 0 Å². The van der Waals surface area contributed by atoms with Crippen molar-refractivity contribution in [1.82, 2.24) is 4.98 Å². The molecule has 0 fully saturated rings. The Bertz CT molecular complexity index is 587. The minimum Gasteiger partial charge on any atom is -0.323 e. The number of aliphatic imine (C=N–C) groups is 1. The van der Waals surface area contributed by atoms with Crippen molar-refractivity contribution in [2.45, 2.75) is 13.3 Å². The number of hydrazone groups is 1. The zero-order valence-electron chi connectivity index (χ0n) is 10.4. The Hall–Kier alpha value is -2.23. The maximum Gasteiger partial charge on any atom is 0.108 e. The first kappa shape index (κ1) is 12.2. The minimum absolute atomic E-state index is 0.689. The molecule has 0 amide bonds. The van der Waals surface area contributed by atoms with Crippen LogP contribution in [0.1, 0.15) is 18.9 Å². The van der Waals surface area contributed by atoms with Crippen LogP contribution in [-0.2, 0) is 0 Å². The molecular weight excluding hydrogens is 224 g/mol. The largest absolute Gasteiger partial charge is 0.323 e. The van der Waals surface area contributed by atoms with Crippen LogP contribution in [0.25, 0.3) is 10.9 Å². The first-order valence-corrected chi connectivity index (χ1v) is 5.98. The molecule has 0 radical (unpaired) electrons. The van der Waals surface area contributed by atoms with E-state index >= 15 is 0 Å². The molecule has 0 unspecified atom stereocenters. The van der Waals surface area contributed by atoms with E-state index in [1.807, 2.05) is 30.3 Å². The number of pyridine rings is 1. The van der Waals surface area contributed by atoms with Gasteiger partial charge in [-0.1, -0.05) is 19.1 Å². The maximum atomic E-state index is 5.41. The number of fused-ring (bicyclic) bond motifs is 1. The van der Waals surface area contributed by atoms with Gasteiger partial charge in [0.1, 0.15) is 5.71 Å². The molecule has 0 saturated carbocycles. The molecular formula is C14H16N4. The topological polar surface area (TPSA) is 63.6 Å². The first-order chi connectivity index (χ1) is 8.85. The fraction of sp³-hybridized carbons (Fsp3) is 0.214. The third kappa shape index (κ3) is 2.71. The number of rotatable bonds is 4. The molecule has 2 N–H and O–H groups in total. The average Bonchev–Trinajstić information content (AvgIpc) is 2.43. The van der Waals surface area contributed by atoms with Gasteiger partial charge in [-0.3, -0.25) is 9.98 Å². The van der Waals surface area contributed by atoms with Crippen molar-refractivity contribution < 1.29 is 0 Å². The fourth-order valence-electron chi connectivity index (χ4n) is 1.70. The van der Waals surface area contributed by atoms with E-state index in [0.717, 1.165) is 29.4 Å². The van der Waals surface area contributed by atoms with Gasteiger partial charge in [0.05, 0.1) is 5.52 Å². The third-order valence-electron chi connectivity index (χ3n) is 2.60. The van der Waals surface area contributed by atoms with Crippen LogP contribution in [0.2, 0.25) is 0 Å². The van der Waals surface area contributed by atoms with Crippen molar-refractivity contribution >= 4 is 22.8 Å². The molecule has 1 aromatic heterocycles. The van der Waals surface area contributed by atoms with E-state index in [2.05, 4.69) is 22.0 Å². The maximum absolute atomic E-state index is 5.41. The van der Waals surface area contributed by atoms with Crippen molar-refractivity contribution in [1.29, 1.82) is 0 Å². The molecule has 4 heteroatoms. The molecule has 0 aliphatic rings. The Labute approximate surface area is 106 Å². The zero-order chi connectivity index (χ0) is 12.8. The van der Waals surface area contributed by atoms with E-state index in [9.17, 15) is 0 Å². The van der Waals surface area contributed by atoms with Crippen LogP contribution in [0.5, 0.6) is 0 Å². The summed E-state index contributed by atoms with van der Waals surface area (Å²) in [5.41, 5.74) is 2.61. The predicted molar refractivity (Wildman–Crippen MR) is 76.1 cm³/mol. The molecule has 2 rings (SSSR count). The van der Waals surface area contributed by atoms with E-state index in [1.54, 1.807) is 12.4 Å². The minimum atomic E-state index is 0.689. The Morgan fingerprint density at radius 1 is 1.39 bits per heavy atom. The Kier molecular flexibility index (Phi) is 4.02. The van der Waals surface area contributed by atoms with Crippen molar-refractivity contribution in [3.8, 4) is 0 Å². The monoisotopic (exact) mass is 240 g/mol. The summed E-state index contributed by atoms with van der Waals surface area (Å²) in [6, 6.07) is 9.87. The SMILES string of the molecule is CCCN=C/C(=N\N)c1ccc2ncccc2c1. The van der Waals surface area contributed by atoms with Crippen molar-refractivity contribution in [3.63, 3.8) is 0 Å². The summed E-state index contributed by atoms with van der Waals surface area (Å²) in [4.78, 5) is 8.54. The molecule has 0 saturated heterocycles. The summed E-state index contributed by atoms with van der Waals surface area (Å²) in [6.07, 6.45) is 4.51. The highest BCUT2D eigenvalue weighted by molar-refractivity contribution is 6.38. The second-order valence-corrected chi connectivity index (χ2v) is 3.96. The van der Waals surface area contributed by atoms with E-state index in [1.165, 1.54) is 0 Å². The number of nitrogens with two attached hydrogens (primary N) is 1. The number of aromatic nitrogens is 1. The van der Waals surface area contributed by atoms with Crippen molar-refractivity contribution in [2.24, 2.45) is 15.9 Å². The summed E-state index contributed by atoms with van der Waals surface area (Å²) < 4.78 is 0. The molecule has 1 aromatic carbocycles. The number of nitrogens with zero attached hydrogens (tertiary/aromatic N) is 3. The van der Waals surface area contributed by atoms with Gasteiger partial charge < -0.3 is 5.84 Å². The van der Waals surface area contributed by atoms with Crippen LogP contribution in [0.3, 0.4) is 0 Å². The standard InChI is InChI=1S/C14H16N4/c1-2-7-16-10-14(18-15)12-5-6-13-11(9-12)4-3-8-17-13/h3-6,8-10H,2,7,15H2,1H3/b16-10?,18-14+. The number of hydrogen-bond donors (Lipinski definition) is 1. The van der Waals surface area contributed by atoms with E-state index in [4.69, 9.17) is 5.84 Å². The molecule has 92 valence electrons. The molecule has 0 atom stereocenters. The van der Waals surface area contributed by atoms with Gasteiger partial charge in [0.15, 0.2) is 0 Å². The Morgan fingerprint density at radius 3 is 3.06 bits per heavy atom. The van der Waals surface area contributed by atoms with Crippen LogP contribution < -0.4 is 5.84 Å². The van der Waals surface area contributed by atoms with Gasteiger partial charge in [0, 0.05) is 29.9 Å². The molecule has 18 heavy (non-hydrogen) atoms. The Morgan fingerprint density at radius 2 is 2.28 bits per heavy atom. The summed E-state index contributed by atoms with van der Waals surface area (Å²) in [7, 11) is 0. The van der Waals surface area contributed by atoms with Crippen LogP contribution in [0.15, 0.2) is 46.6 Å². The lowest BCUT2D eigenvalue weighted by Gasteiger charge is -2.02.